The van der Waals surface area contributed by atoms with Gasteiger partial charge in [-0.15, -0.1) is 11.0 Å². The maximum atomic E-state index is 5.08. The van der Waals surface area contributed by atoms with Crippen LogP contribution in [0.25, 0.3) is 121 Å². The molecule has 3 heterocycles. The van der Waals surface area contributed by atoms with Crippen LogP contribution in [0.5, 0.6) is 0 Å². The van der Waals surface area contributed by atoms with E-state index < -0.39 is 0 Å². The van der Waals surface area contributed by atoms with Crippen molar-refractivity contribution < 1.29 is 0 Å². The molecule has 0 saturated carbocycles. The normalized spacial score (nSPS) is 11.8. The lowest BCUT2D eigenvalue weighted by atomic mass is 9.98. The molecular formula is C60H38N3-. The van der Waals surface area contributed by atoms with E-state index >= 15 is 0 Å². The van der Waals surface area contributed by atoms with Crippen LogP contribution < -0.4 is 4.98 Å². The third-order valence-corrected chi connectivity index (χ3v) is 13.0. The Labute approximate surface area is 364 Å². The molecule has 0 atom stereocenters. The number of nitrogens with zero attached hydrogens (tertiary/aromatic N) is 3. The summed E-state index contributed by atoms with van der Waals surface area (Å²) in [6.07, 6.45) is 0. The Hall–Kier alpha value is -8.40. The quantitative estimate of drug-likeness (QED) is 0.164. The van der Waals surface area contributed by atoms with Crippen LogP contribution in [0.3, 0.4) is 0 Å². The topological polar surface area (TPSA) is 24.0 Å². The van der Waals surface area contributed by atoms with Crippen LogP contribution in [0.15, 0.2) is 231 Å². The SMILES string of the molecule is c1ccc(-c2ccc(-n3c4ccccc4c4cc(-c5ccc6[n-]c7ccc(-c8ccc9c(c8)c8ccccc8n9-c8ccc(-c9ccccc9)cc8)cc7c6c5)ccc43)cc2)cc1. The lowest BCUT2D eigenvalue weighted by Gasteiger charge is -2.10. The molecule has 0 aliphatic heterocycles. The molecule has 3 nitrogen and oxygen atoms in total. The van der Waals surface area contributed by atoms with Crippen LogP contribution in [0.2, 0.25) is 0 Å². The van der Waals surface area contributed by atoms with Crippen LogP contribution in [0.4, 0.5) is 0 Å². The second kappa shape index (κ2) is 14.1. The maximum absolute atomic E-state index is 5.08. The monoisotopic (exact) mass is 800 g/mol. The van der Waals surface area contributed by atoms with Crippen LogP contribution >= 0.6 is 0 Å². The van der Waals surface area contributed by atoms with Crippen molar-refractivity contribution in [2.45, 2.75) is 0 Å². The molecule has 0 radical (unpaired) electrons. The van der Waals surface area contributed by atoms with Gasteiger partial charge in [-0.05, 0) is 128 Å². The van der Waals surface area contributed by atoms with Gasteiger partial charge in [-0.25, -0.2) is 0 Å². The molecule has 0 fully saturated rings. The fraction of sp³-hybridized carbons (Fsp3) is 0. The summed E-state index contributed by atoms with van der Waals surface area (Å²) < 4.78 is 4.78. The van der Waals surface area contributed by atoms with Crippen LogP contribution in [0.1, 0.15) is 0 Å². The molecule has 0 N–H and O–H groups in total. The molecule has 0 aliphatic rings. The molecule has 0 spiro atoms. The minimum absolute atomic E-state index is 1.01. The highest BCUT2D eigenvalue weighted by molar-refractivity contribution is 6.13. The van der Waals surface area contributed by atoms with Gasteiger partial charge in [-0.3, -0.25) is 0 Å². The standard InChI is InChI=1S/C60H38N3/c1-3-11-39(12-4-1)41-19-27-47(28-20-41)62-57-17-9-7-15-49(57)53-37-45(25-33-59(53)62)43-23-31-55-51(35-43)52-36-44(24-32-56(52)61-55)46-26-34-60-54(38-46)50-16-8-10-18-58(50)63(60)48-29-21-42(22-30-48)40-13-5-2-6-14-40/h1-38H/q-1. The van der Waals surface area contributed by atoms with Crippen LogP contribution in [-0.4, -0.2) is 9.13 Å². The Bertz CT molecular complexity index is 3610. The summed E-state index contributed by atoms with van der Waals surface area (Å²) in [5.74, 6) is 0. The molecule has 10 aromatic carbocycles. The molecule has 0 aliphatic carbocycles. The molecule has 0 saturated heterocycles. The van der Waals surface area contributed by atoms with Crippen molar-refractivity contribution in [1.82, 2.24) is 14.1 Å². The Kier molecular flexibility index (Phi) is 7.91. The lowest BCUT2D eigenvalue weighted by molar-refractivity contribution is 1.18. The number of para-hydroxylation sites is 2. The van der Waals surface area contributed by atoms with E-state index in [1.165, 1.54) is 98.9 Å². The number of fused-ring (bicyclic) bond motifs is 9. The van der Waals surface area contributed by atoms with Crippen molar-refractivity contribution in [2.24, 2.45) is 0 Å². The fourth-order valence-corrected chi connectivity index (χ4v) is 9.92. The van der Waals surface area contributed by atoms with E-state index in [0.29, 0.717) is 0 Å². The maximum Gasteiger partial charge on any atom is 0.0541 e. The number of hydrogen-bond acceptors (Lipinski definition) is 0. The summed E-state index contributed by atoms with van der Waals surface area (Å²) in [5.41, 5.74) is 18.7. The molecule has 13 aromatic rings. The molecule has 0 bridgehead atoms. The average molecular weight is 801 g/mol. The third kappa shape index (κ3) is 5.75. The first kappa shape index (κ1) is 35.4. The van der Waals surface area contributed by atoms with Gasteiger partial charge in [0, 0.05) is 32.9 Å². The van der Waals surface area contributed by atoms with Crippen molar-refractivity contribution in [2.75, 3.05) is 0 Å². The fourth-order valence-electron chi connectivity index (χ4n) is 9.92. The predicted molar refractivity (Wildman–Crippen MR) is 265 cm³/mol. The van der Waals surface area contributed by atoms with E-state index in [0.717, 1.165) is 22.4 Å². The van der Waals surface area contributed by atoms with Gasteiger partial charge in [-0.2, -0.15) is 0 Å². The minimum atomic E-state index is 1.01. The van der Waals surface area contributed by atoms with Crippen molar-refractivity contribution in [1.29, 1.82) is 0 Å². The highest BCUT2D eigenvalue weighted by Crippen LogP contribution is 2.39. The number of rotatable bonds is 6. The highest BCUT2D eigenvalue weighted by atomic mass is 15.0. The van der Waals surface area contributed by atoms with Gasteiger partial charge in [0.15, 0.2) is 0 Å². The predicted octanol–water partition coefficient (Wildman–Crippen LogP) is 15.8. The number of benzene rings is 10. The zero-order valence-corrected chi connectivity index (χ0v) is 34.3. The van der Waals surface area contributed by atoms with Gasteiger partial charge in [0.05, 0.1) is 22.1 Å². The molecule has 294 valence electrons. The number of hydrogen-bond donors (Lipinski definition) is 0. The Morgan fingerprint density at radius 3 is 0.968 bits per heavy atom. The van der Waals surface area contributed by atoms with Gasteiger partial charge in [0.25, 0.3) is 0 Å². The van der Waals surface area contributed by atoms with E-state index in [1.54, 1.807) is 0 Å². The summed E-state index contributed by atoms with van der Waals surface area (Å²) in [5, 5.41) is 7.31. The van der Waals surface area contributed by atoms with Gasteiger partial charge >= 0.3 is 0 Å². The largest absolute Gasteiger partial charge is 0.657 e. The smallest absolute Gasteiger partial charge is 0.0541 e. The van der Waals surface area contributed by atoms with Crippen LogP contribution in [0, 0.1) is 0 Å². The summed E-state index contributed by atoms with van der Waals surface area (Å²) in [6.45, 7) is 0. The first-order valence-electron chi connectivity index (χ1n) is 21.6. The molecule has 3 heteroatoms. The zero-order valence-electron chi connectivity index (χ0n) is 34.3. The van der Waals surface area contributed by atoms with E-state index in [1.807, 2.05) is 0 Å². The van der Waals surface area contributed by atoms with Gasteiger partial charge < -0.3 is 14.1 Å². The van der Waals surface area contributed by atoms with E-state index in [2.05, 4.69) is 240 Å². The van der Waals surface area contributed by atoms with Crippen molar-refractivity contribution in [3.05, 3.63) is 231 Å². The Morgan fingerprint density at radius 1 is 0.222 bits per heavy atom. The molecule has 3 aromatic heterocycles. The molecule has 13 rings (SSSR count). The number of aromatic nitrogens is 3. The summed E-state index contributed by atoms with van der Waals surface area (Å²) in [7, 11) is 0. The first-order chi connectivity index (χ1) is 31.2. The minimum Gasteiger partial charge on any atom is -0.657 e. The molecule has 0 unspecified atom stereocenters. The second-order valence-electron chi connectivity index (χ2n) is 16.6. The summed E-state index contributed by atoms with van der Waals surface area (Å²) in [6, 6.07) is 83.8. The molecule has 63 heavy (non-hydrogen) atoms. The second-order valence-corrected chi connectivity index (χ2v) is 16.6. The molecule has 0 amide bonds. The van der Waals surface area contributed by atoms with Gasteiger partial charge in [0.2, 0.25) is 0 Å². The zero-order chi connectivity index (χ0) is 41.4. The van der Waals surface area contributed by atoms with Gasteiger partial charge in [0.1, 0.15) is 0 Å². The molecular weight excluding hydrogens is 763 g/mol. The Morgan fingerprint density at radius 2 is 0.540 bits per heavy atom. The van der Waals surface area contributed by atoms with Gasteiger partial charge in [-0.1, -0.05) is 158 Å². The van der Waals surface area contributed by atoms with Crippen molar-refractivity contribution in [3.63, 3.8) is 0 Å². The Balaban J connectivity index is 0.879. The van der Waals surface area contributed by atoms with Crippen LogP contribution in [-0.2, 0) is 0 Å². The highest BCUT2D eigenvalue weighted by Gasteiger charge is 2.16. The lowest BCUT2D eigenvalue weighted by Crippen LogP contribution is -1.93. The first-order valence-corrected chi connectivity index (χ1v) is 21.6. The van der Waals surface area contributed by atoms with E-state index in [4.69, 9.17) is 4.98 Å². The third-order valence-electron chi connectivity index (χ3n) is 13.0. The van der Waals surface area contributed by atoms with E-state index in [9.17, 15) is 0 Å². The van der Waals surface area contributed by atoms with Crippen molar-refractivity contribution >= 4 is 65.4 Å². The van der Waals surface area contributed by atoms with Crippen molar-refractivity contribution in [3.8, 4) is 55.9 Å². The van der Waals surface area contributed by atoms with E-state index in [-0.39, 0.29) is 0 Å². The summed E-state index contributed by atoms with van der Waals surface area (Å²) in [4.78, 5) is 5.08. The summed E-state index contributed by atoms with van der Waals surface area (Å²) >= 11 is 0. The average Bonchev–Trinajstić information content (AvgIpc) is 4.01.